The Morgan fingerprint density at radius 2 is 2.25 bits per heavy atom. The molecule has 0 radical (unpaired) electrons. The second-order valence-corrected chi connectivity index (χ2v) is 5.46. The second-order valence-electron chi connectivity index (χ2n) is 4.11. The molecule has 5 nitrogen and oxygen atoms in total. The summed E-state index contributed by atoms with van der Waals surface area (Å²) in [4.78, 5) is 11.0. The van der Waals surface area contributed by atoms with Gasteiger partial charge in [-0.2, -0.15) is 0 Å². The van der Waals surface area contributed by atoms with Crippen LogP contribution in [0.15, 0.2) is 23.4 Å². The van der Waals surface area contributed by atoms with Gasteiger partial charge in [0.25, 0.3) is 0 Å². The van der Waals surface area contributed by atoms with Gasteiger partial charge in [0, 0.05) is 10.8 Å². The summed E-state index contributed by atoms with van der Waals surface area (Å²) in [6, 6.07) is 4.23. The van der Waals surface area contributed by atoms with Crippen LogP contribution in [0.1, 0.15) is 11.4 Å². The highest BCUT2D eigenvalue weighted by Gasteiger charge is 2.12. The Balaban J connectivity index is 2.13. The summed E-state index contributed by atoms with van der Waals surface area (Å²) in [6.07, 6.45) is 0. The van der Waals surface area contributed by atoms with Gasteiger partial charge in [-0.25, -0.2) is 4.39 Å². The quantitative estimate of drug-likeness (QED) is 0.858. The molecule has 1 heterocycles. The fraction of sp³-hybridized carbons (Fsp3) is 0.250. The normalized spacial score (nSPS) is 10.8. The number of aryl methyl sites for hydroxylation is 1. The van der Waals surface area contributed by atoms with Gasteiger partial charge in [-0.05, 0) is 24.6 Å². The number of hydrogen-bond donors (Lipinski definition) is 1. The number of primary amides is 1. The number of nitrogens with two attached hydrogens (primary N) is 1. The van der Waals surface area contributed by atoms with Crippen LogP contribution in [0.25, 0.3) is 0 Å². The lowest BCUT2D eigenvalue weighted by Gasteiger charge is -2.06. The fourth-order valence-corrected chi connectivity index (χ4v) is 2.89. The second kappa shape index (κ2) is 6.23. The molecule has 0 spiro atoms. The third-order valence-corrected chi connectivity index (χ3v) is 3.96. The minimum atomic E-state index is -0.463. The largest absolute Gasteiger partial charge is 0.368 e. The average molecular weight is 315 g/mol. The van der Waals surface area contributed by atoms with E-state index in [0.717, 1.165) is 5.56 Å². The predicted octanol–water partition coefficient (Wildman–Crippen LogP) is 2.16. The van der Waals surface area contributed by atoms with E-state index >= 15 is 0 Å². The van der Waals surface area contributed by atoms with Crippen molar-refractivity contribution in [2.45, 2.75) is 24.4 Å². The van der Waals surface area contributed by atoms with E-state index in [0.29, 0.717) is 21.8 Å². The number of rotatable bonds is 5. The van der Waals surface area contributed by atoms with Crippen molar-refractivity contribution >= 4 is 29.3 Å². The van der Waals surface area contributed by atoms with Gasteiger partial charge in [-0.15, -0.1) is 10.2 Å². The highest BCUT2D eigenvalue weighted by atomic mass is 35.5. The van der Waals surface area contributed by atoms with Crippen LogP contribution in [-0.2, 0) is 17.1 Å². The summed E-state index contributed by atoms with van der Waals surface area (Å²) in [5, 5.41) is 8.82. The Hall–Kier alpha value is -1.60. The van der Waals surface area contributed by atoms with Crippen LogP contribution in [0.3, 0.4) is 0 Å². The Morgan fingerprint density at radius 3 is 2.90 bits per heavy atom. The van der Waals surface area contributed by atoms with Gasteiger partial charge in [-0.3, -0.25) is 9.36 Å². The Kier molecular flexibility index (Phi) is 4.61. The van der Waals surface area contributed by atoms with Crippen molar-refractivity contribution in [1.29, 1.82) is 0 Å². The van der Waals surface area contributed by atoms with Crippen molar-refractivity contribution < 1.29 is 9.18 Å². The highest BCUT2D eigenvalue weighted by molar-refractivity contribution is 7.98. The van der Waals surface area contributed by atoms with E-state index in [1.165, 1.54) is 23.9 Å². The van der Waals surface area contributed by atoms with Crippen LogP contribution in [0.5, 0.6) is 0 Å². The third-order valence-electron chi connectivity index (χ3n) is 2.59. The van der Waals surface area contributed by atoms with Gasteiger partial charge in [0.15, 0.2) is 5.16 Å². The summed E-state index contributed by atoms with van der Waals surface area (Å²) >= 11 is 7.31. The van der Waals surface area contributed by atoms with Crippen LogP contribution in [0, 0.1) is 12.7 Å². The van der Waals surface area contributed by atoms with Crippen molar-refractivity contribution in [3.63, 3.8) is 0 Å². The minimum absolute atomic E-state index is 0.0261. The topological polar surface area (TPSA) is 73.8 Å². The van der Waals surface area contributed by atoms with E-state index in [9.17, 15) is 9.18 Å². The van der Waals surface area contributed by atoms with Gasteiger partial charge < -0.3 is 5.73 Å². The molecule has 0 unspecified atom stereocenters. The zero-order valence-electron chi connectivity index (χ0n) is 10.6. The minimum Gasteiger partial charge on any atom is -0.368 e. The van der Waals surface area contributed by atoms with E-state index in [2.05, 4.69) is 10.2 Å². The summed E-state index contributed by atoms with van der Waals surface area (Å²) < 4.78 is 14.6. The molecule has 1 amide bonds. The molecule has 20 heavy (non-hydrogen) atoms. The van der Waals surface area contributed by atoms with Crippen molar-refractivity contribution in [3.8, 4) is 0 Å². The van der Waals surface area contributed by atoms with Gasteiger partial charge in [0.05, 0.1) is 0 Å². The molecule has 2 aromatic rings. The number of nitrogens with zero attached hydrogens (tertiary/aromatic N) is 3. The van der Waals surface area contributed by atoms with Gasteiger partial charge in [0.1, 0.15) is 18.2 Å². The number of amides is 1. The van der Waals surface area contributed by atoms with E-state index in [-0.39, 0.29) is 12.4 Å². The molecular weight excluding hydrogens is 303 g/mol. The molecule has 1 aromatic heterocycles. The van der Waals surface area contributed by atoms with Gasteiger partial charge in [-0.1, -0.05) is 29.4 Å². The zero-order valence-corrected chi connectivity index (χ0v) is 12.2. The fourth-order valence-electron chi connectivity index (χ4n) is 1.59. The molecule has 0 saturated carbocycles. The van der Waals surface area contributed by atoms with Crippen LogP contribution in [0.2, 0.25) is 5.02 Å². The first-order valence-corrected chi connectivity index (χ1v) is 7.08. The Morgan fingerprint density at radius 1 is 1.50 bits per heavy atom. The molecule has 0 saturated heterocycles. The number of aromatic nitrogens is 3. The van der Waals surface area contributed by atoms with Crippen molar-refractivity contribution in [3.05, 3.63) is 40.4 Å². The SMILES string of the molecule is Cc1nnc(SCc2ccc(F)cc2Cl)n1CC(N)=O. The van der Waals surface area contributed by atoms with E-state index < -0.39 is 5.91 Å². The number of halogens is 2. The molecule has 2 rings (SSSR count). The molecule has 0 aliphatic heterocycles. The molecule has 1 aromatic carbocycles. The van der Waals surface area contributed by atoms with Crippen LogP contribution in [0.4, 0.5) is 4.39 Å². The molecule has 0 fully saturated rings. The lowest BCUT2D eigenvalue weighted by atomic mass is 10.2. The van der Waals surface area contributed by atoms with Gasteiger partial charge >= 0.3 is 0 Å². The molecule has 2 N–H and O–H groups in total. The Labute approximate surface area is 124 Å². The lowest BCUT2D eigenvalue weighted by Crippen LogP contribution is -2.20. The maximum Gasteiger partial charge on any atom is 0.237 e. The summed E-state index contributed by atoms with van der Waals surface area (Å²) in [7, 11) is 0. The van der Waals surface area contributed by atoms with Crippen LogP contribution >= 0.6 is 23.4 Å². The van der Waals surface area contributed by atoms with Crippen molar-refractivity contribution in [1.82, 2.24) is 14.8 Å². The van der Waals surface area contributed by atoms with Gasteiger partial charge in [0.2, 0.25) is 5.91 Å². The van der Waals surface area contributed by atoms with E-state index in [1.54, 1.807) is 17.6 Å². The van der Waals surface area contributed by atoms with Crippen LogP contribution in [-0.4, -0.2) is 20.7 Å². The van der Waals surface area contributed by atoms with Crippen molar-refractivity contribution in [2.75, 3.05) is 0 Å². The summed E-state index contributed by atoms with van der Waals surface area (Å²) in [5.41, 5.74) is 5.96. The highest BCUT2D eigenvalue weighted by Crippen LogP contribution is 2.26. The predicted molar refractivity (Wildman–Crippen MR) is 74.9 cm³/mol. The average Bonchev–Trinajstić information content (AvgIpc) is 2.69. The summed E-state index contributed by atoms with van der Waals surface area (Å²) in [6.45, 7) is 1.77. The molecule has 0 aliphatic rings. The molecule has 0 atom stereocenters. The van der Waals surface area contributed by atoms with Crippen LogP contribution < -0.4 is 5.73 Å². The molecular formula is C12H12ClFN4OS. The first-order valence-electron chi connectivity index (χ1n) is 5.72. The number of benzene rings is 1. The summed E-state index contributed by atoms with van der Waals surface area (Å²) in [5.74, 6) is 0.262. The first kappa shape index (κ1) is 14.8. The van der Waals surface area contributed by atoms with E-state index in [1.807, 2.05) is 0 Å². The molecule has 8 heteroatoms. The number of hydrogen-bond acceptors (Lipinski definition) is 4. The number of thioether (sulfide) groups is 1. The zero-order chi connectivity index (χ0) is 14.7. The maximum absolute atomic E-state index is 13.0. The maximum atomic E-state index is 13.0. The number of carbonyl (C=O) groups excluding carboxylic acids is 1. The third kappa shape index (κ3) is 3.49. The molecule has 0 aliphatic carbocycles. The monoisotopic (exact) mass is 314 g/mol. The van der Waals surface area contributed by atoms with E-state index in [4.69, 9.17) is 17.3 Å². The number of carbonyl (C=O) groups is 1. The molecule has 0 bridgehead atoms. The van der Waals surface area contributed by atoms with Crippen molar-refractivity contribution in [2.24, 2.45) is 5.73 Å². The standard InChI is InChI=1S/C12H12ClFN4OS/c1-7-16-17-12(18(7)5-11(15)19)20-6-8-2-3-9(14)4-10(8)13/h2-4H,5-6H2,1H3,(H2,15,19). The first-order chi connectivity index (χ1) is 9.47. The molecule has 106 valence electrons. The lowest BCUT2D eigenvalue weighted by molar-refractivity contribution is -0.118. The smallest absolute Gasteiger partial charge is 0.237 e. The Bertz CT molecular complexity index is 646.